The maximum atomic E-state index is 9.94. The molecule has 1 heterocycles. The topological polar surface area (TPSA) is 87.4 Å². The molecule has 0 bridgehead atoms. The predicted octanol–water partition coefficient (Wildman–Crippen LogP) is 13.1. The van der Waals surface area contributed by atoms with Gasteiger partial charge in [-0.15, -0.1) is 11.3 Å². The number of rotatable bonds is 8. The highest BCUT2D eigenvalue weighted by atomic mass is 32.1. The third kappa shape index (κ3) is 6.54. The number of anilines is 6. The van der Waals surface area contributed by atoms with Gasteiger partial charge in [-0.05, 0) is 166 Å². The predicted molar refractivity (Wildman–Crippen MR) is 225 cm³/mol. The third-order valence-electron chi connectivity index (χ3n) is 9.84. The van der Waals surface area contributed by atoms with Crippen LogP contribution in [0.1, 0.15) is 0 Å². The Balaban J connectivity index is 1.04. The third-order valence-corrected chi connectivity index (χ3v) is 11.0. The van der Waals surface area contributed by atoms with Crippen molar-refractivity contribution in [1.29, 1.82) is 0 Å². The van der Waals surface area contributed by atoms with E-state index in [1.54, 1.807) is 59.9 Å². The maximum Gasteiger partial charge on any atom is 0.115 e. The average molecular weight is 735 g/mol. The molecule has 0 spiro atoms. The van der Waals surface area contributed by atoms with Crippen LogP contribution in [0.25, 0.3) is 42.8 Å². The number of phenols is 4. The van der Waals surface area contributed by atoms with Crippen LogP contribution in [0.4, 0.5) is 34.1 Å². The van der Waals surface area contributed by atoms with Gasteiger partial charge in [-0.3, -0.25) is 0 Å². The van der Waals surface area contributed by atoms with Crippen LogP contribution in [0.15, 0.2) is 182 Å². The van der Waals surface area contributed by atoms with Gasteiger partial charge in [-0.1, -0.05) is 48.5 Å². The first kappa shape index (κ1) is 33.6. The van der Waals surface area contributed by atoms with Crippen molar-refractivity contribution in [2.24, 2.45) is 0 Å². The summed E-state index contributed by atoms with van der Waals surface area (Å²) in [4.78, 5) is 6.55. The number of fused-ring (bicyclic) bond motifs is 3. The van der Waals surface area contributed by atoms with Crippen LogP contribution in [0.2, 0.25) is 0 Å². The second-order valence-corrected chi connectivity index (χ2v) is 14.4. The van der Waals surface area contributed by atoms with Crippen LogP contribution in [0, 0.1) is 0 Å². The normalized spacial score (nSPS) is 11.2. The van der Waals surface area contributed by atoms with Gasteiger partial charge in [0, 0.05) is 43.9 Å². The van der Waals surface area contributed by atoms with E-state index < -0.39 is 0 Å². The summed E-state index contributed by atoms with van der Waals surface area (Å²) < 4.78 is 0. The minimum absolute atomic E-state index is 0.200. The van der Waals surface area contributed by atoms with Gasteiger partial charge in [0.15, 0.2) is 0 Å². The Kier molecular flexibility index (Phi) is 8.53. The van der Waals surface area contributed by atoms with Crippen molar-refractivity contribution < 1.29 is 20.4 Å². The van der Waals surface area contributed by atoms with Crippen LogP contribution in [-0.2, 0) is 0 Å². The molecule has 0 amide bonds. The molecule has 7 aromatic rings. The number of nitrogens with zero attached hydrogens (tertiary/aromatic N) is 2. The van der Waals surface area contributed by atoms with Crippen molar-refractivity contribution >= 4 is 56.2 Å². The lowest BCUT2D eigenvalue weighted by atomic mass is 10.00. The number of phenolic OH excluding ortho intramolecular Hbond substituents is 4. The van der Waals surface area contributed by atoms with E-state index >= 15 is 0 Å². The smallest absolute Gasteiger partial charge is 0.115 e. The van der Waals surface area contributed by atoms with Gasteiger partial charge in [-0.2, -0.15) is 0 Å². The first-order valence-corrected chi connectivity index (χ1v) is 18.6. The lowest BCUT2D eigenvalue weighted by Gasteiger charge is -2.25. The molecule has 0 atom stereocenters. The molecule has 1 aliphatic carbocycles. The largest absolute Gasteiger partial charge is 0.508 e. The molecule has 7 aromatic carbocycles. The van der Waals surface area contributed by atoms with Crippen molar-refractivity contribution in [2.75, 3.05) is 9.80 Å². The highest BCUT2D eigenvalue weighted by Gasteiger charge is 2.18. The second kappa shape index (κ2) is 14.0. The molecule has 6 nitrogen and oxygen atoms in total. The monoisotopic (exact) mass is 734 g/mol. The van der Waals surface area contributed by atoms with E-state index in [9.17, 15) is 20.4 Å². The lowest BCUT2D eigenvalue weighted by Crippen LogP contribution is -2.09. The zero-order valence-electron chi connectivity index (χ0n) is 29.4. The molecule has 7 heteroatoms. The molecule has 266 valence electrons. The minimum Gasteiger partial charge on any atom is -0.508 e. The molecule has 4 N–H and O–H groups in total. The van der Waals surface area contributed by atoms with Gasteiger partial charge in [0.1, 0.15) is 23.0 Å². The molecule has 0 saturated heterocycles. The Hall–Kier alpha value is -7.22. The van der Waals surface area contributed by atoms with E-state index in [0.717, 1.165) is 55.7 Å². The van der Waals surface area contributed by atoms with Gasteiger partial charge >= 0.3 is 0 Å². The Morgan fingerprint density at radius 3 is 1.11 bits per heavy atom. The first-order valence-electron chi connectivity index (χ1n) is 17.8. The summed E-state index contributed by atoms with van der Waals surface area (Å²) in [7, 11) is 0. The van der Waals surface area contributed by atoms with Crippen LogP contribution < -0.4 is 9.80 Å². The highest BCUT2D eigenvalue weighted by molar-refractivity contribution is 7.18. The highest BCUT2D eigenvalue weighted by Crippen LogP contribution is 2.45. The molecule has 2 aliphatic rings. The number of aromatic hydroxyl groups is 4. The Labute approximate surface area is 322 Å². The Morgan fingerprint density at radius 1 is 0.309 bits per heavy atom. The van der Waals surface area contributed by atoms with Crippen molar-refractivity contribution in [3.8, 4) is 55.0 Å². The molecule has 0 saturated carbocycles. The molecule has 55 heavy (non-hydrogen) atoms. The molecule has 0 radical (unpaired) electrons. The van der Waals surface area contributed by atoms with Gasteiger partial charge < -0.3 is 30.2 Å². The number of hydrogen-bond acceptors (Lipinski definition) is 7. The summed E-state index contributed by atoms with van der Waals surface area (Å²) in [6.07, 6.45) is 0. The van der Waals surface area contributed by atoms with Crippen LogP contribution >= 0.6 is 11.3 Å². The summed E-state index contributed by atoms with van der Waals surface area (Å²) in [6.45, 7) is 0. The Bertz CT molecular complexity index is 2620. The Morgan fingerprint density at radius 2 is 0.691 bits per heavy atom. The van der Waals surface area contributed by atoms with Crippen molar-refractivity contribution in [3.63, 3.8) is 0 Å². The molecule has 1 aliphatic heterocycles. The van der Waals surface area contributed by atoms with E-state index in [0.29, 0.717) is 0 Å². The molecule has 0 unspecified atom stereocenters. The van der Waals surface area contributed by atoms with Crippen LogP contribution in [0.5, 0.6) is 23.0 Å². The number of hydrogen-bond donors (Lipinski definition) is 4. The van der Waals surface area contributed by atoms with E-state index in [2.05, 4.69) is 94.7 Å². The van der Waals surface area contributed by atoms with Crippen LogP contribution in [-0.4, -0.2) is 20.4 Å². The average Bonchev–Trinajstić information content (AvgIpc) is 3.60. The van der Waals surface area contributed by atoms with E-state index in [1.165, 1.54) is 21.2 Å². The SMILES string of the molecule is Oc1ccc(N(c2ccc(O)cc2)c2ccc(-c3ccc4c5cccc(-c6ccc(N(c7ccc(O)cc7)c7ccc(O)cc7)cc6)c5cc-4s3)cc2)cc1. The fraction of sp³-hybridized carbons (Fsp3) is 0. The quantitative estimate of drug-likeness (QED) is 0.124. The minimum atomic E-state index is 0.200. The van der Waals surface area contributed by atoms with E-state index in [-0.39, 0.29) is 23.0 Å². The molecule has 9 rings (SSSR count). The van der Waals surface area contributed by atoms with Gasteiger partial charge in [-0.25, -0.2) is 0 Å². The summed E-state index contributed by atoms with van der Waals surface area (Å²) in [5, 5.41) is 42.1. The molecule has 0 fully saturated rings. The molecule has 0 aromatic heterocycles. The summed E-state index contributed by atoms with van der Waals surface area (Å²) in [5.74, 6) is 0.802. The van der Waals surface area contributed by atoms with Crippen molar-refractivity contribution in [2.45, 2.75) is 0 Å². The summed E-state index contributed by atoms with van der Waals surface area (Å²) >= 11 is 1.77. The zero-order chi connectivity index (χ0) is 37.5. The van der Waals surface area contributed by atoms with Crippen molar-refractivity contribution in [3.05, 3.63) is 182 Å². The van der Waals surface area contributed by atoms with E-state index in [4.69, 9.17) is 0 Å². The fourth-order valence-electron chi connectivity index (χ4n) is 7.14. The molecular weight excluding hydrogens is 701 g/mol. The van der Waals surface area contributed by atoms with Crippen LogP contribution in [0.3, 0.4) is 0 Å². The second-order valence-electron chi connectivity index (χ2n) is 13.3. The number of benzene rings is 7. The van der Waals surface area contributed by atoms with Gasteiger partial charge in [0.2, 0.25) is 0 Å². The van der Waals surface area contributed by atoms with Crippen molar-refractivity contribution in [1.82, 2.24) is 0 Å². The standard InChI is InChI=1S/C48H34N2O4S/c51-39-20-12-35(13-21-39)49(36-14-22-40(52)23-15-36)33-8-4-31(5-9-33)43-2-1-3-44-45-28-29-47(55-48(45)30-46(43)44)32-6-10-34(11-7-32)50(37-16-24-41(53)25-17-37)38-18-26-42(54)27-19-38/h1-30,51-54H. The summed E-state index contributed by atoms with van der Waals surface area (Å²) in [6, 6.07) is 58.5. The lowest BCUT2D eigenvalue weighted by molar-refractivity contribution is 0.474. The summed E-state index contributed by atoms with van der Waals surface area (Å²) in [5.41, 5.74) is 10.1. The zero-order valence-corrected chi connectivity index (χ0v) is 30.2. The van der Waals surface area contributed by atoms with E-state index in [1.807, 2.05) is 48.5 Å². The van der Waals surface area contributed by atoms with Gasteiger partial charge in [0.05, 0.1) is 0 Å². The fourth-order valence-corrected chi connectivity index (χ4v) is 8.23. The maximum absolute atomic E-state index is 9.94. The first-order chi connectivity index (χ1) is 26.9. The molecular formula is C48H34N2O4S. The van der Waals surface area contributed by atoms with Gasteiger partial charge in [0.25, 0.3) is 0 Å².